The van der Waals surface area contributed by atoms with Crippen LogP contribution in [0.1, 0.15) is 40.8 Å². The van der Waals surface area contributed by atoms with Crippen molar-refractivity contribution < 1.29 is 13.7 Å². The lowest BCUT2D eigenvalue weighted by atomic mass is 10.1. The fraction of sp³-hybridized carbons (Fsp3) is 0.250. The quantitative estimate of drug-likeness (QED) is 0.798. The largest absolute Gasteiger partial charge is 0.451 e. The fourth-order valence-corrected chi connectivity index (χ4v) is 2.32. The first-order chi connectivity index (χ1) is 11.1. The number of aromatic nitrogens is 2. The van der Waals surface area contributed by atoms with Crippen molar-refractivity contribution in [2.24, 2.45) is 0 Å². The van der Waals surface area contributed by atoms with Crippen LogP contribution in [-0.4, -0.2) is 16.0 Å². The number of benzene rings is 1. The van der Waals surface area contributed by atoms with Crippen LogP contribution < -0.4 is 10.7 Å². The Morgan fingerprint density at radius 2 is 2.13 bits per heavy atom. The number of hydrogen-bond donors (Lipinski definition) is 1. The Morgan fingerprint density at radius 3 is 2.91 bits per heavy atom. The van der Waals surface area contributed by atoms with E-state index < -0.39 is 5.91 Å². The van der Waals surface area contributed by atoms with Gasteiger partial charge in [0.2, 0.25) is 5.89 Å². The number of carbonyl (C=O) groups excluding carboxylic acids is 1. The standard InChI is InChI=1S/C16H13N3O4/c1-8-2-5-10-11(20)7-13(22-12(10)6-8)14(21)17-16-18-15(23-19-16)9-3-4-9/h2,5-7,9H,3-4H2,1H3,(H,17,19,21). The molecule has 1 saturated carbocycles. The van der Waals surface area contributed by atoms with Gasteiger partial charge >= 0.3 is 0 Å². The molecular formula is C16H13N3O4. The molecule has 7 nitrogen and oxygen atoms in total. The molecule has 4 rings (SSSR count). The third-order valence-electron chi connectivity index (χ3n) is 3.70. The monoisotopic (exact) mass is 311 g/mol. The molecule has 1 aliphatic rings. The number of nitrogens with one attached hydrogen (secondary N) is 1. The minimum absolute atomic E-state index is 0.0730. The molecule has 3 aromatic rings. The second kappa shape index (κ2) is 5.05. The van der Waals surface area contributed by atoms with E-state index in [0.717, 1.165) is 24.5 Å². The summed E-state index contributed by atoms with van der Waals surface area (Å²) in [6.45, 7) is 1.88. The van der Waals surface area contributed by atoms with Gasteiger partial charge in [-0.3, -0.25) is 14.9 Å². The molecule has 1 aromatic carbocycles. The minimum Gasteiger partial charge on any atom is -0.451 e. The summed E-state index contributed by atoms with van der Waals surface area (Å²) in [5, 5.41) is 6.62. The number of nitrogens with zero attached hydrogens (tertiary/aromatic N) is 2. The summed E-state index contributed by atoms with van der Waals surface area (Å²) < 4.78 is 10.6. The molecule has 0 radical (unpaired) electrons. The van der Waals surface area contributed by atoms with Gasteiger partial charge in [0.05, 0.1) is 5.39 Å². The van der Waals surface area contributed by atoms with Crippen LogP contribution in [0.2, 0.25) is 0 Å². The van der Waals surface area contributed by atoms with Crippen LogP contribution in [0.15, 0.2) is 38.0 Å². The average Bonchev–Trinajstić information content (AvgIpc) is 3.27. The van der Waals surface area contributed by atoms with Crippen molar-refractivity contribution in [1.29, 1.82) is 0 Å². The van der Waals surface area contributed by atoms with Crippen molar-refractivity contribution in [3.8, 4) is 0 Å². The highest BCUT2D eigenvalue weighted by molar-refractivity contribution is 6.01. The van der Waals surface area contributed by atoms with Crippen LogP contribution in [0, 0.1) is 6.92 Å². The lowest BCUT2D eigenvalue weighted by molar-refractivity contribution is 0.0996. The zero-order valence-corrected chi connectivity index (χ0v) is 12.3. The van der Waals surface area contributed by atoms with Crippen molar-refractivity contribution in [3.63, 3.8) is 0 Å². The minimum atomic E-state index is -0.589. The van der Waals surface area contributed by atoms with Gasteiger partial charge < -0.3 is 8.94 Å². The zero-order chi connectivity index (χ0) is 16.0. The number of rotatable bonds is 3. The number of anilines is 1. The number of amides is 1. The Labute approximate surface area is 130 Å². The highest BCUT2D eigenvalue weighted by Gasteiger charge is 2.30. The SMILES string of the molecule is Cc1ccc2c(=O)cc(C(=O)Nc3noc(C4CC4)n3)oc2c1. The normalized spacial score (nSPS) is 14.1. The van der Waals surface area contributed by atoms with E-state index in [0.29, 0.717) is 22.8 Å². The van der Waals surface area contributed by atoms with E-state index in [1.165, 1.54) is 0 Å². The molecule has 0 atom stereocenters. The molecule has 2 aromatic heterocycles. The second-order valence-electron chi connectivity index (χ2n) is 5.66. The molecule has 1 amide bonds. The number of aryl methyl sites for hydroxylation is 1. The van der Waals surface area contributed by atoms with Crippen LogP contribution >= 0.6 is 0 Å². The summed E-state index contributed by atoms with van der Waals surface area (Å²) in [5.74, 6) is 0.217. The van der Waals surface area contributed by atoms with E-state index in [-0.39, 0.29) is 17.1 Å². The Bertz CT molecular complexity index is 969. The topological polar surface area (TPSA) is 98.2 Å². The fourth-order valence-electron chi connectivity index (χ4n) is 2.32. The van der Waals surface area contributed by atoms with Crippen LogP contribution in [0.25, 0.3) is 11.0 Å². The summed E-state index contributed by atoms with van der Waals surface area (Å²) in [4.78, 5) is 28.4. The van der Waals surface area contributed by atoms with Crippen LogP contribution in [0.4, 0.5) is 5.95 Å². The van der Waals surface area contributed by atoms with E-state index >= 15 is 0 Å². The molecule has 23 heavy (non-hydrogen) atoms. The van der Waals surface area contributed by atoms with Gasteiger partial charge in [-0.2, -0.15) is 4.98 Å². The van der Waals surface area contributed by atoms with E-state index in [4.69, 9.17) is 8.94 Å². The second-order valence-corrected chi connectivity index (χ2v) is 5.66. The summed E-state index contributed by atoms with van der Waals surface area (Å²) in [5.41, 5.74) is 1.03. The van der Waals surface area contributed by atoms with Crippen LogP contribution in [-0.2, 0) is 0 Å². The number of hydrogen-bond acceptors (Lipinski definition) is 6. The van der Waals surface area contributed by atoms with Crippen molar-refractivity contribution >= 4 is 22.8 Å². The van der Waals surface area contributed by atoms with Gasteiger partial charge in [0, 0.05) is 12.0 Å². The smallest absolute Gasteiger partial charge is 0.293 e. The van der Waals surface area contributed by atoms with E-state index in [1.54, 1.807) is 12.1 Å². The summed E-state index contributed by atoms with van der Waals surface area (Å²) in [6, 6.07) is 6.37. The number of fused-ring (bicyclic) bond motifs is 1. The van der Waals surface area contributed by atoms with E-state index in [1.807, 2.05) is 13.0 Å². The molecule has 0 aliphatic heterocycles. The first kappa shape index (κ1) is 13.7. The zero-order valence-electron chi connectivity index (χ0n) is 12.3. The summed E-state index contributed by atoms with van der Waals surface area (Å²) in [7, 11) is 0. The summed E-state index contributed by atoms with van der Waals surface area (Å²) >= 11 is 0. The maximum absolute atomic E-state index is 12.2. The molecule has 1 fully saturated rings. The molecule has 116 valence electrons. The predicted molar refractivity (Wildman–Crippen MR) is 81.4 cm³/mol. The molecule has 7 heteroatoms. The molecule has 1 aliphatic carbocycles. The van der Waals surface area contributed by atoms with E-state index in [9.17, 15) is 9.59 Å². The maximum atomic E-state index is 12.2. The highest BCUT2D eigenvalue weighted by atomic mass is 16.5. The molecule has 0 spiro atoms. The third-order valence-corrected chi connectivity index (χ3v) is 3.70. The molecule has 0 unspecified atom stereocenters. The van der Waals surface area contributed by atoms with Gasteiger partial charge in [0.15, 0.2) is 11.2 Å². The van der Waals surface area contributed by atoms with Crippen molar-refractivity contribution in [1.82, 2.24) is 10.1 Å². The molecule has 0 bridgehead atoms. The van der Waals surface area contributed by atoms with Gasteiger partial charge in [0.25, 0.3) is 11.9 Å². The van der Waals surface area contributed by atoms with Gasteiger partial charge in [-0.1, -0.05) is 6.07 Å². The lowest BCUT2D eigenvalue weighted by Crippen LogP contribution is -2.15. The highest BCUT2D eigenvalue weighted by Crippen LogP contribution is 2.39. The molecule has 2 heterocycles. The first-order valence-electron chi connectivity index (χ1n) is 7.29. The van der Waals surface area contributed by atoms with E-state index in [2.05, 4.69) is 15.5 Å². The van der Waals surface area contributed by atoms with Crippen molar-refractivity contribution in [2.45, 2.75) is 25.7 Å². The third kappa shape index (κ3) is 2.61. The summed E-state index contributed by atoms with van der Waals surface area (Å²) in [6.07, 6.45) is 2.04. The maximum Gasteiger partial charge on any atom is 0.293 e. The molecule has 0 saturated heterocycles. The van der Waals surface area contributed by atoms with Crippen LogP contribution in [0.3, 0.4) is 0 Å². The van der Waals surface area contributed by atoms with Gasteiger partial charge in [-0.25, -0.2) is 0 Å². The van der Waals surface area contributed by atoms with Gasteiger partial charge in [0.1, 0.15) is 5.58 Å². The molecule has 1 N–H and O–H groups in total. The van der Waals surface area contributed by atoms with Crippen LogP contribution in [0.5, 0.6) is 0 Å². The predicted octanol–water partition coefficient (Wildman–Crippen LogP) is 2.61. The first-order valence-corrected chi connectivity index (χ1v) is 7.29. The Morgan fingerprint density at radius 1 is 1.30 bits per heavy atom. The van der Waals surface area contributed by atoms with Crippen molar-refractivity contribution in [2.75, 3.05) is 5.32 Å². The molecular weight excluding hydrogens is 298 g/mol. The van der Waals surface area contributed by atoms with Gasteiger partial charge in [-0.05, 0) is 42.6 Å². The Hall–Kier alpha value is -2.96. The lowest BCUT2D eigenvalue weighted by Gasteiger charge is -2.03. The number of carbonyl (C=O) groups is 1. The van der Waals surface area contributed by atoms with Crippen molar-refractivity contribution in [3.05, 3.63) is 51.7 Å². The van der Waals surface area contributed by atoms with Gasteiger partial charge in [-0.15, -0.1) is 0 Å². The Balaban J connectivity index is 1.64. The Kier molecular flexibility index (Phi) is 3.00. The average molecular weight is 311 g/mol.